The molecule has 160 valence electrons. The van der Waals surface area contributed by atoms with E-state index in [4.69, 9.17) is 21.2 Å². The molecule has 2 atom stereocenters. The number of hydrogen-bond donors (Lipinski definition) is 0. The molecule has 2 fully saturated rings. The van der Waals surface area contributed by atoms with Gasteiger partial charge in [-0.1, -0.05) is 48.4 Å². The second kappa shape index (κ2) is 8.83. The molecule has 31 heavy (non-hydrogen) atoms. The van der Waals surface area contributed by atoms with E-state index in [2.05, 4.69) is 9.88 Å². The van der Waals surface area contributed by atoms with Crippen LogP contribution < -0.4 is 4.74 Å². The first-order valence-electron chi connectivity index (χ1n) is 10.7. The summed E-state index contributed by atoms with van der Waals surface area (Å²) in [7, 11) is 0. The van der Waals surface area contributed by atoms with Crippen LogP contribution in [0.1, 0.15) is 19.3 Å². The van der Waals surface area contributed by atoms with E-state index in [1.165, 1.54) is 11.5 Å². The Kier molecular flexibility index (Phi) is 5.76. The summed E-state index contributed by atoms with van der Waals surface area (Å²) in [6.07, 6.45) is 5.61. The number of carbonyl (C=O) groups is 1. The third-order valence-electron chi connectivity index (χ3n) is 6.01. The number of aromatic nitrogens is 1. The lowest BCUT2D eigenvalue weighted by atomic mass is 10.0. The second-order valence-corrected chi connectivity index (χ2v) is 8.33. The normalized spacial score (nSPS) is 22.0. The highest BCUT2D eigenvalue weighted by atomic mass is 35.5. The van der Waals surface area contributed by atoms with Gasteiger partial charge in [0.1, 0.15) is 12.4 Å². The minimum absolute atomic E-state index is 0.198. The van der Waals surface area contributed by atoms with Gasteiger partial charge >= 0.3 is 0 Å². The molecule has 5 rings (SSSR count). The zero-order chi connectivity index (χ0) is 21.2. The summed E-state index contributed by atoms with van der Waals surface area (Å²) < 4.78 is 6.25. The first-order valence-corrected chi connectivity index (χ1v) is 11.0. The van der Waals surface area contributed by atoms with Crippen molar-refractivity contribution >= 4 is 28.9 Å². The molecule has 2 aliphatic rings. The van der Waals surface area contributed by atoms with E-state index in [9.17, 15) is 4.79 Å². The molecular weight excluding hydrogens is 414 g/mol. The summed E-state index contributed by atoms with van der Waals surface area (Å²) in [5.74, 6) is 0.733. The zero-order valence-corrected chi connectivity index (χ0v) is 17.9. The number of halogens is 1. The van der Waals surface area contributed by atoms with Crippen LogP contribution in [-0.2, 0) is 9.63 Å². The van der Waals surface area contributed by atoms with Crippen LogP contribution in [0.25, 0.3) is 22.0 Å². The largest absolute Gasteiger partial charge is 0.484 e. The van der Waals surface area contributed by atoms with E-state index >= 15 is 0 Å². The predicted octanol–water partition coefficient (Wildman–Crippen LogP) is 4.52. The number of hydroxylamine groups is 2. The highest BCUT2D eigenvalue weighted by Gasteiger charge is 2.41. The van der Waals surface area contributed by atoms with Gasteiger partial charge in [-0.3, -0.25) is 19.5 Å². The van der Waals surface area contributed by atoms with Crippen molar-refractivity contribution < 1.29 is 14.4 Å². The smallest absolute Gasteiger partial charge is 0.235 e. The van der Waals surface area contributed by atoms with Gasteiger partial charge in [0, 0.05) is 30.2 Å². The van der Waals surface area contributed by atoms with Gasteiger partial charge in [0.15, 0.2) is 12.3 Å². The minimum Gasteiger partial charge on any atom is -0.484 e. The zero-order valence-electron chi connectivity index (χ0n) is 17.1. The maximum atomic E-state index is 11.5. The number of rotatable bonds is 5. The summed E-state index contributed by atoms with van der Waals surface area (Å²) in [6, 6.07) is 15.7. The molecule has 0 N–H and O–H groups in total. The molecule has 3 aromatic rings. The number of piperidine rings is 1. The van der Waals surface area contributed by atoms with Crippen molar-refractivity contribution in [1.29, 1.82) is 0 Å². The molecule has 6 nitrogen and oxygen atoms in total. The van der Waals surface area contributed by atoms with E-state index in [-0.39, 0.29) is 12.3 Å². The fourth-order valence-corrected chi connectivity index (χ4v) is 4.77. The van der Waals surface area contributed by atoms with Crippen molar-refractivity contribution in [3.05, 3.63) is 59.8 Å². The first-order chi connectivity index (χ1) is 15.2. The lowest BCUT2D eigenvalue weighted by Gasteiger charge is -2.36. The fraction of sp³-hybridized carbons (Fsp3) is 0.333. The quantitative estimate of drug-likeness (QED) is 0.549. The summed E-state index contributed by atoms with van der Waals surface area (Å²) in [5, 5.41) is 3.02. The lowest BCUT2D eigenvalue weighted by molar-refractivity contribution is -0.175. The van der Waals surface area contributed by atoms with Gasteiger partial charge in [-0.25, -0.2) is 5.06 Å². The Bertz CT molecular complexity index is 1070. The Labute approximate surface area is 186 Å². The summed E-state index contributed by atoms with van der Waals surface area (Å²) in [4.78, 5) is 23.9. The van der Waals surface area contributed by atoms with Crippen molar-refractivity contribution in [2.24, 2.45) is 0 Å². The van der Waals surface area contributed by atoms with Crippen molar-refractivity contribution in [1.82, 2.24) is 14.9 Å². The molecule has 2 saturated heterocycles. The van der Waals surface area contributed by atoms with Crippen molar-refractivity contribution in [3.8, 4) is 16.9 Å². The highest BCUT2D eigenvalue weighted by molar-refractivity contribution is 6.38. The van der Waals surface area contributed by atoms with Crippen molar-refractivity contribution in [2.75, 3.05) is 19.7 Å². The number of nitrogens with zero attached hydrogens (tertiary/aromatic N) is 3. The molecule has 3 heterocycles. The topological polar surface area (TPSA) is 54.9 Å². The molecule has 1 amide bonds. The third kappa shape index (κ3) is 3.99. The number of fused-ring (bicyclic) bond motifs is 1. The Balaban J connectivity index is 1.35. The summed E-state index contributed by atoms with van der Waals surface area (Å²) in [6.45, 7) is 2.25. The van der Waals surface area contributed by atoms with E-state index < -0.39 is 0 Å². The maximum Gasteiger partial charge on any atom is 0.235 e. The molecule has 1 aromatic heterocycles. The number of likely N-dealkylation sites (tertiary alicyclic amines) is 1. The average Bonchev–Trinajstić information content (AvgIpc) is 3.23. The van der Waals surface area contributed by atoms with E-state index in [0.29, 0.717) is 11.6 Å². The van der Waals surface area contributed by atoms with Crippen molar-refractivity contribution in [3.63, 3.8) is 0 Å². The molecule has 0 aliphatic carbocycles. The predicted molar refractivity (Wildman–Crippen MR) is 120 cm³/mol. The van der Waals surface area contributed by atoms with Crippen LogP contribution in [0.3, 0.4) is 0 Å². The van der Waals surface area contributed by atoms with Crippen LogP contribution in [0, 0.1) is 0 Å². The first kappa shape index (κ1) is 20.2. The molecule has 0 saturated carbocycles. The Hall–Kier alpha value is -2.67. The van der Waals surface area contributed by atoms with Gasteiger partial charge in [-0.2, -0.15) is 0 Å². The lowest BCUT2D eigenvalue weighted by Crippen LogP contribution is -2.52. The SMILES string of the molecule is O=CN1OCC(Oc2ccc(-c3cnc4ccccc4c3Cl)cc2)C1N1CCCCC1. The maximum absolute atomic E-state index is 11.5. The molecule has 0 bridgehead atoms. The Morgan fingerprint density at radius 3 is 2.61 bits per heavy atom. The highest BCUT2D eigenvalue weighted by Crippen LogP contribution is 2.34. The molecule has 2 unspecified atom stereocenters. The number of carbonyl (C=O) groups excluding carboxylic acids is 1. The Morgan fingerprint density at radius 1 is 1.06 bits per heavy atom. The number of para-hydroxylation sites is 1. The van der Waals surface area contributed by atoms with Crippen LogP contribution in [0.4, 0.5) is 0 Å². The minimum atomic E-state index is -0.236. The van der Waals surface area contributed by atoms with Crippen LogP contribution >= 0.6 is 11.6 Å². The van der Waals surface area contributed by atoms with Crippen molar-refractivity contribution in [2.45, 2.75) is 31.5 Å². The molecular formula is C24H24ClN3O3. The fourth-order valence-electron chi connectivity index (χ4n) is 4.45. The number of benzene rings is 2. The van der Waals surface area contributed by atoms with Gasteiger partial charge < -0.3 is 4.74 Å². The molecule has 7 heteroatoms. The van der Waals surface area contributed by atoms with E-state index in [1.807, 2.05) is 48.5 Å². The molecule has 0 spiro atoms. The molecule has 0 radical (unpaired) electrons. The average molecular weight is 438 g/mol. The van der Waals surface area contributed by atoms with Gasteiger partial charge in [0.2, 0.25) is 6.41 Å². The molecule has 2 aromatic carbocycles. The van der Waals surface area contributed by atoms with E-state index in [1.54, 1.807) is 6.20 Å². The van der Waals surface area contributed by atoms with Gasteiger partial charge in [0.25, 0.3) is 0 Å². The molecule has 2 aliphatic heterocycles. The summed E-state index contributed by atoms with van der Waals surface area (Å²) in [5.41, 5.74) is 2.73. The van der Waals surface area contributed by atoms with Gasteiger partial charge in [-0.15, -0.1) is 0 Å². The number of amides is 1. The van der Waals surface area contributed by atoms with Gasteiger partial charge in [-0.05, 0) is 36.6 Å². The van der Waals surface area contributed by atoms with Crippen LogP contribution in [0.5, 0.6) is 5.75 Å². The Morgan fingerprint density at radius 2 is 1.84 bits per heavy atom. The van der Waals surface area contributed by atoms with Crippen LogP contribution in [0.2, 0.25) is 5.02 Å². The second-order valence-electron chi connectivity index (χ2n) is 7.95. The van der Waals surface area contributed by atoms with E-state index in [0.717, 1.165) is 60.1 Å². The summed E-state index contributed by atoms with van der Waals surface area (Å²) >= 11 is 6.66. The van der Waals surface area contributed by atoms with Gasteiger partial charge in [0.05, 0.1) is 10.5 Å². The number of hydrogen-bond acceptors (Lipinski definition) is 5. The standard InChI is InChI=1S/C24H24ClN3O3/c25-23-19-6-2-3-7-21(19)26-14-20(23)17-8-10-18(11-9-17)31-22-15-30-28(16-29)24(22)27-12-4-1-5-13-27/h2-3,6-11,14,16,22,24H,1,4-5,12-13,15H2. The number of ether oxygens (including phenoxy) is 1. The third-order valence-corrected chi connectivity index (χ3v) is 6.42. The monoisotopic (exact) mass is 437 g/mol. The number of pyridine rings is 1. The van der Waals surface area contributed by atoms with Crippen LogP contribution in [-0.4, -0.2) is 53.3 Å². The van der Waals surface area contributed by atoms with Crippen LogP contribution in [0.15, 0.2) is 54.7 Å².